The Bertz CT molecular complexity index is 629. The van der Waals surface area contributed by atoms with E-state index in [2.05, 4.69) is 20.1 Å². The fourth-order valence-corrected chi connectivity index (χ4v) is 5.11. The second-order valence-corrected chi connectivity index (χ2v) is 11.6. The van der Waals surface area contributed by atoms with E-state index in [1.807, 2.05) is 0 Å². The summed E-state index contributed by atoms with van der Waals surface area (Å²) in [6, 6.07) is 0. The molecule has 8 heteroatoms. The molecule has 0 saturated heterocycles. The van der Waals surface area contributed by atoms with Crippen molar-refractivity contribution in [2.24, 2.45) is 0 Å². The van der Waals surface area contributed by atoms with E-state index in [0.717, 1.165) is 70.6 Å². The Hall–Kier alpha value is -1.43. The van der Waals surface area contributed by atoms with E-state index in [0.29, 0.717) is 43.7 Å². The van der Waals surface area contributed by atoms with Crippen molar-refractivity contribution in [1.82, 2.24) is 0 Å². The van der Waals surface area contributed by atoms with Gasteiger partial charge >= 0.3 is 19.5 Å². The van der Waals surface area contributed by atoms with E-state index >= 15 is 0 Å². The van der Waals surface area contributed by atoms with E-state index in [9.17, 15) is 14.2 Å². The van der Waals surface area contributed by atoms with Crippen molar-refractivity contribution in [3.63, 3.8) is 0 Å². The molecule has 0 atom stereocenters. The summed E-state index contributed by atoms with van der Waals surface area (Å²) in [7, 11) is -3.10. The number of rotatable bonds is 25. The van der Waals surface area contributed by atoms with Gasteiger partial charge in [-0.2, -0.15) is 0 Å². The molecule has 0 saturated carbocycles. The van der Waals surface area contributed by atoms with Crippen LogP contribution in [0.2, 0.25) is 0 Å². The molecule has 0 N–H and O–H groups in total. The molecule has 0 unspecified atom stereocenters. The first-order valence-electron chi connectivity index (χ1n) is 13.7. The quantitative estimate of drug-likeness (QED) is 0.0512. The zero-order valence-electron chi connectivity index (χ0n) is 23.2. The minimum atomic E-state index is -3.10. The number of hydrogen-bond acceptors (Lipinski definition) is 7. The first-order chi connectivity index (χ1) is 17.2. The molecule has 0 aromatic rings. The Labute approximate surface area is 219 Å². The molecule has 0 amide bonds. The van der Waals surface area contributed by atoms with E-state index in [1.165, 1.54) is 19.3 Å². The summed E-state index contributed by atoms with van der Waals surface area (Å²) in [5.74, 6) is -0.699. The van der Waals surface area contributed by atoms with E-state index in [-0.39, 0.29) is 11.9 Å². The van der Waals surface area contributed by atoms with Crippen LogP contribution in [0.5, 0.6) is 0 Å². The van der Waals surface area contributed by atoms with Gasteiger partial charge in [0.25, 0.3) is 0 Å². The molecule has 0 spiro atoms. The Morgan fingerprint density at radius 3 is 1.36 bits per heavy atom. The second-order valence-electron chi connectivity index (χ2n) is 9.43. The van der Waals surface area contributed by atoms with Crippen LogP contribution in [0.15, 0.2) is 24.3 Å². The van der Waals surface area contributed by atoms with Gasteiger partial charge in [0.1, 0.15) is 0 Å². The van der Waals surface area contributed by atoms with E-state index in [1.54, 1.807) is 13.8 Å². The van der Waals surface area contributed by atoms with E-state index in [4.69, 9.17) is 18.5 Å². The highest BCUT2D eigenvalue weighted by molar-refractivity contribution is 7.53. The largest absolute Gasteiger partial charge is 0.462 e. The predicted octanol–water partition coefficient (Wildman–Crippen LogP) is 7.93. The van der Waals surface area contributed by atoms with Gasteiger partial charge in [-0.05, 0) is 58.8 Å². The number of hydrogen-bond donors (Lipinski definition) is 0. The first-order valence-corrected chi connectivity index (χ1v) is 15.5. The second kappa shape index (κ2) is 22.7. The average molecular weight is 531 g/mol. The number of ether oxygens (including phenoxy) is 2. The third-order valence-corrected chi connectivity index (χ3v) is 7.62. The lowest BCUT2D eigenvalue weighted by Crippen LogP contribution is -2.06. The molecule has 0 aromatic carbocycles. The highest BCUT2D eigenvalue weighted by Gasteiger charge is 2.23. The average Bonchev–Trinajstić information content (AvgIpc) is 2.84. The van der Waals surface area contributed by atoms with Crippen molar-refractivity contribution in [3.05, 3.63) is 24.3 Å². The molecule has 36 heavy (non-hydrogen) atoms. The third kappa shape index (κ3) is 20.7. The Morgan fingerprint density at radius 2 is 0.944 bits per heavy atom. The molecule has 0 aliphatic rings. The molecule has 0 aromatic heterocycles. The van der Waals surface area contributed by atoms with Crippen molar-refractivity contribution in [2.75, 3.05) is 32.6 Å². The van der Waals surface area contributed by atoms with Crippen LogP contribution in [0.25, 0.3) is 0 Å². The van der Waals surface area contributed by atoms with Gasteiger partial charge in [0.05, 0.1) is 32.6 Å². The van der Waals surface area contributed by atoms with Crippen LogP contribution in [0.3, 0.4) is 0 Å². The highest BCUT2D eigenvalue weighted by atomic mass is 31.2. The van der Waals surface area contributed by atoms with Gasteiger partial charge in [0.15, 0.2) is 0 Å². The third-order valence-electron chi connectivity index (χ3n) is 5.60. The minimum Gasteiger partial charge on any atom is -0.462 e. The summed E-state index contributed by atoms with van der Waals surface area (Å²) in [5.41, 5.74) is 0.822. The number of carbonyl (C=O) groups is 2. The monoisotopic (exact) mass is 530 g/mol. The maximum absolute atomic E-state index is 13.3. The molecule has 7 nitrogen and oxygen atoms in total. The molecule has 210 valence electrons. The molecular weight excluding hydrogens is 479 g/mol. The predicted molar refractivity (Wildman–Crippen MR) is 146 cm³/mol. The van der Waals surface area contributed by atoms with Crippen LogP contribution < -0.4 is 0 Å². The smallest absolute Gasteiger partial charge is 0.333 e. The minimum absolute atomic E-state index is 0.350. The maximum Gasteiger partial charge on any atom is 0.333 e. The van der Waals surface area contributed by atoms with Crippen LogP contribution in [0, 0.1) is 0 Å². The molecular formula is C28H51O7P. The highest BCUT2D eigenvalue weighted by Crippen LogP contribution is 2.49. The summed E-state index contributed by atoms with van der Waals surface area (Å²) < 4.78 is 35.0. The van der Waals surface area contributed by atoms with Crippen molar-refractivity contribution in [2.45, 2.75) is 111 Å². The van der Waals surface area contributed by atoms with Gasteiger partial charge in [0, 0.05) is 11.1 Å². The van der Waals surface area contributed by atoms with E-state index < -0.39 is 7.60 Å². The molecule has 0 rings (SSSR count). The fourth-order valence-electron chi connectivity index (χ4n) is 3.35. The molecule has 0 aliphatic carbocycles. The van der Waals surface area contributed by atoms with Gasteiger partial charge < -0.3 is 18.5 Å². The van der Waals surface area contributed by atoms with Crippen LogP contribution in [0.4, 0.5) is 0 Å². The standard InChI is InChI=1S/C28H51O7P/c1-6-7-8-9-14-19-24-36(31,34-22-17-12-10-15-20-32-27(29)25(2)3)35-23-18-13-11-16-21-33-28(30)26(4)5/h2,4,6-24H2,1,3,5H3. The molecule has 0 heterocycles. The van der Waals surface area contributed by atoms with Crippen LogP contribution >= 0.6 is 7.60 Å². The Morgan fingerprint density at radius 1 is 0.583 bits per heavy atom. The zero-order valence-corrected chi connectivity index (χ0v) is 24.0. The SMILES string of the molecule is C=C(C)C(=O)OCCCCCCOP(=O)(CCCCCCCC)OCCCCCCOC(=O)C(=C)C. The van der Waals surface area contributed by atoms with Gasteiger partial charge in [-0.25, -0.2) is 9.59 Å². The van der Waals surface area contributed by atoms with Crippen LogP contribution in [0.1, 0.15) is 111 Å². The normalized spacial score (nSPS) is 11.3. The topological polar surface area (TPSA) is 88.1 Å². The van der Waals surface area contributed by atoms with Crippen molar-refractivity contribution < 1.29 is 32.7 Å². The Balaban J connectivity index is 4.17. The molecule has 0 aliphatic heterocycles. The van der Waals surface area contributed by atoms with Gasteiger partial charge in [0.2, 0.25) is 0 Å². The lowest BCUT2D eigenvalue weighted by Gasteiger charge is -2.19. The fraction of sp³-hybridized carbons (Fsp3) is 0.786. The summed E-state index contributed by atoms with van der Waals surface area (Å²) in [6.07, 6.45) is 14.0. The van der Waals surface area contributed by atoms with Gasteiger partial charge in [-0.1, -0.05) is 65.0 Å². The summed E-state index contributed by atoms with van der Waals surface area (Å²) in [5, 5.41) is 0. The molecule has 0 radical (unpaired) electrons. The van der Waals surface area contributed by atoms with Crippen molar-refractivity contribution in [1.29, 1.82) is 0 Å². The van der Waals surface area contributed by atoms with Crippen LogP contribution in [-0.2, 0) is 32.7 Å². The van der Waals surface area contributed by atoms with Crippen molar-refractivity contribution in [3.8, 4) is 0 Å². The number of esters is 2. The van der Waals surface area contributed by atoms with Gasteiger partial charge in [-0.15, -0.1) is 0 Å². The number of unbranched alkanes of at least 4 members (excludes halogenated alkanes) is 11. The summed E-state index contributed by atoms with van der Waals surface area (Å²) in [4.78, 5) is 22.7. The lowest BCUT2D eigenvalue weighted by molar-refractivity contribution is -0.139. The Kier molecular flexibility index (Phi) is 21.8. The first kappa shape index (κ1) is 34.6. The summed E-state index contributed by atoms with van der Waals surface area (Å²) in [6.45, 7) is 14.2. The van der Waals surface area contributed by atoms with Crippen molar-refractivity contribution >= 4 is 19.5 Å². The zero-order chi connectivity index (χ0) is 27.1. The summed E-state index contributed by atoms with van der Waals surface area (Å²) >= 11 is 0. The number of carbonyl (C=O) groups excluding carboxylic acids is 2. The lowest BCUT2D eigenvalue weighted by atomic mass is 10.1. The molecule has 0 fully saturated rings. The molecule has 0 bridgehead atoms. The van der Waals surface area contributed by atoms with Crippen LogP contribution in [-0.4, -0.2) is 44.5 Å². The van der Waals surface area contributed by atoms with Gasteiger partial charge in [-0.3, -0.25) is 4.57 Å². The maximum atomic E-state index is 13.3.